The van der Waals surface area contributed by atoms with Crippen molar-refractivity contribution in [2.24, 2.45) is 0 Å². The Labute approximate surface area is 269 Å². The molecule has 0 aliphatic heterocycles. The van der Waals surface area contributed by atoms with Gasteiger partial charge in [-0.3, -0.25) is 0 Å². The summed E-state index contributed by atoms with van der Waals surface area (Å²) >= 11 is 0. The summed E-state index contributed by atoms with van der Waals surface area (Å²) in [6, 6.07) is 18.6. The van der Waals surface area contributed by atoms with E-state index in [1.165, 1.54) is 63.5 Å². The summed E-state index contributed by atoms with van der Waals surface area (Å²) in [5, 5.41) is 0. The van der Waals surface area contributed by atoms with E-state index < -0.39 is 17.8 Å². The summed E-state index contributed by atoms with van der Waals surface area (Å²) in [5.74, 6) is -1.48. The third-order valence-corrected chi connectivity index (χ3v) is 7.97. The van der Waals surface area contributed by atoms with Crippen LogP contribution in [0.3, 0.4) is 0 Å². The van der Waals surface area contributed by atoms with E-state index in [0.717, 1.165) is 68.1 Å². The number of ether oxygens (including phenoxy) is 3. The Morgan fingerprint density at radius 2 is 1.18 bits per heavy atom. The number of hydrogen-bond acceptors (Lipinski definition) is 5. The lowest BCUT2D eigenvalue weighted by atomic mass is 10.0. The van der Waals surface area contributed by atoms with Crippen LogP contribution in [-0.4, -0.2) is 24.6 Å². The van der Waals surface area contributed by atoms with Crippen LogP contribution >= 0.6 is 0 Å². The van der Waals surface area contributed by atoms with E-state index in [2.05, 4.69) is 13.8 Å². The van der Waals surface area contributed by atoms with Gasteiger partial charge in [0.2, 0.25) is 0 Å². The molecule has 1 unspecified atom stereocenters. The second kappa shape index (κ2) is 20.4. The number of carbonyl (C=O) groups excluding carboxylic acids is 2. The molecule has 0 aliphatic rings. The van der Waals surface area contributed by atoms with Crippen molar-refractivity contribution in [2.45, 2.75) is 117 Å². The molecule has 0 spiro atoms. The number of carbonyl (C=O) groups is 2. The maximum atomic E-state index is 14.7. The molecule has 5 nitrogen and oxygen atoms in total. The fourth-order valence-electron chi connectivity index (χ4n) is 5.18. The molecule has 45 heavy (non-hydrogen) atoms. The molecule has 0 saturated heterocycles. The summed E-state index contributed by atoms with van der Waals surface area (Å²) in [6.45, 7) is 6.95. The van der Waals surface area contributed by atoms with Gasteiger partial charge in [0.05, 0.1) is 23.8 Å². The molecule has 0 N–H and O–H groups in total. The van der Waals surface area contributed by atoms with Gasteiger partial charge in [0.1, 0.15) is 5.75 Å². The minimum absolute atomic E-state index is 0.0805. The van der Waals surface area contributed by atoms with E-state index in [1.807, 2.05) is 43.3 Å². The van der Waals surface area contributed by atoms with Gasteiger partial charge in [-0.15, -0.1) is 0 Å². The number of halogens is 1. The monoisotopic (exact) mass is 618 g/mol. The van der Waals surface area contributed by atoms with Crippen LogP contribution in [0.2, 0.25) is 0 Å². The lowest BCUT2D eigenvalue weighted by molar-refractivity contribution is 0.0319. The molecule has 0 aromatic heterocycles. The van der Waals surface area contributed by atoms with Crippen LogP contribution < -0.4 is 9.47 Å². The Kier molecular flexibility index (Phi) is 16.2. The number of hydrogen-bond donors (Lipinski definition) is 0. The van der Waals surface area contributed by atoms with Crippen LogP contribution in [-0.2, 0) is 4.74 Å². The molecule has 0 fully saturated rings. The van der Waals surface area contributed by atoms with Crippen molar-refractivity contribution < 1.29 is 28.2 Å². The molecule has 0 saturated carbocycles. The van der Waals surface area contributed by atoms with E-state index in [4.69, 9.17) is 14.2 Å². The first kappa shape index (κ1) is 35.8. The van der Waals surface area contributed by atoms with Gasteiger partial charge >= 0.3 is 11.9 Å². The fraction of sp³-hybridized carbons (Fsp3) is 0.487. The predicted molar refractivity (Wildman–Crippen MR) is 180 cm³/mol. The zero-order valence-electron chi connectivity index (χ0n) is 27.5. The normalized spacial score (nSPS) is 11.6. The van der Waals surface area contributed by atoms with Gasteiger partial charge in [-0.1, -0.05) is 109 Å². The fourth-order valence-corrected chi connectivity index (χ4v) is 5.18. The Hall–Kier alpha value is -3.67. The molecular formula is C39H51FO5. The largest absolute Gasteiger partial charge is 0.494 e. The SMILES string of the molecule is CCCCCCCCCCCOc1ccc(-c2ccc(C(=O)Oc3ccc(C(=O)OC(C)CCCCCC)cc3F)cc2)cc1. The zero-order valence-corrected chi connectivity index (χ0v) is 27.5. The molecule has 6 heteroatoms. The van der Waals surface area contributed by atoms with Crippen molar-refractivity contribution >= 4 is 11.9 Å². The van der Waals surface area contributed by atoms with Gasteiger partial charge < -0.3 is 14.2 Å². The smallest absolute Gasteiger partial charge is 0.343 e. The molecule has 3 aromatic rings. The number of esters is 2. The lowest BCUT2D eigenvalue weighted by Crippen LogP contribution is -2.15. The predicted octanol–water partition coefficient (Wildman–Crippen LogP) is 11.1. The number of benzene rings is 3. The van der Waals surface area contributed by atoms with Crippen LogP contribution in [0.25, 0.3) is 11.1 Å². The van der Waals surface area contributed by atoms with Crippen LogP contribution in [0, 0.1) is 5.82 Å². The van der Waals surface area contributed by atoms with Crippen molar-refractivity contribution in [3.8, 4) is 22.6 Å². The minimum Gasteiger partial charge on any atom is -0.494 e. The second-order valence-corrected chi connectivity index (χ2v) is 11.9. The van der Waals surface area contributed by atoms with Crippen molar-refractivity contribution in [3.05, 3.63) is 83.7 Å². The molecule has 244 valence electrons. The average molecular weight is 619 g/mol. The maximum Gasteiger partial charge on any atom is 0.343 e. The maximum absolute atomic E-state index is 14.7. The highest BCUT2D eigenvalue weighted by Crippen LogP contribution is 2.25. The van der Waals surface area contributed by atoms with Crippen LogP contribution in [0.15, 0.2) is 66.7 Å². The first-order chi connectivity index (χ1) is 21.9. The average Bonchev–Trinajstić information content (AvgIpc) is 3.05. The van der Waals surface area contributed by atoms with Crippen molar-refractivity contribution in [1.82, 2.24) is 0 Å². The van der Waals surface area contributed by atoms with Crippen LogP contribution in [0.5, 0.6) is 11.5 Å². The summed E-state index contributed by atoms with van der Waals surface area (Å²) < 4.78 is 31.4. The molecule has 3 aromatic carbocycles. The molecule has 0 amide bonds. The number of unbranched alkanes of at least 4 members (excludes halogenated alkanes) is 11. The molecule has 0 heterocycles. The topological polar surface area (TPSA) is 61.8 Å². The van der Waals surface area contributed by atoms with Gasteiger partial charge in [-0.2, -0.15) is 0 Å². The van der Waals surface area contributed by atoms with E-state index in [1.54, 1.807) is 12.1 Å². The third-order valence-electron chi connectivity index (χ3n) is 7.97. The van der Waals surface area contributed by atoms with Gasteiger partial charge in [0.25, 0.3) is 0 Å². The summed E-state index contributed by atoms with van der Waals surface area (Å²) in [4.78, 5) is 25.1. The standard InChI is InChI=1S/C39H51FO5/c1-4-6-8-10-11-12-13-14-16-28-43-35-25-22-32(23-26-35)31-18-20-33(21-19-31)38(41)45-37-27-24-34(29-36(37)40)39(42)44-30(3)17-15-9-7-5-2/h18-27,29-30H,4-17,28H2,1-3H3. The molecule has 0 bridgehead atoms. The van der Waals surface area contributed by atoms with Crippen LogP contribution in [0.1, 0.15) is 131 Å². The highest BCUT2D eigenvalue weighted by molar-refractivity contribution is 5.92. The van der Waals surface area contributed by atoms with Gasteiger partial charge in [-0.25, -0.2) is 14.0 Å². The highest BCUT2D eigenvalue weighted by Gasteiger charge is 2.17. The van der Waals surface area contributed by atoms with Crippen molar-refractivity contribution in [1.29, 1.82) is 0 Å². The summed E-state index contributed by atoms with van der Waals surface area (Å²) in [6.07, 6.45) is 16.4. The van der Waals surface area contributed by atoms with E-state index in [-0.39, 0.29) is 17.4 Å². The van der Waals surface area contributed by atoms with Gasteiger partial charge in [-0.05, 0) is 79.8 Å². The zero-order chi connectivity index (χ0) is 32.3. The van der Waals surface area contributed by atoms with Crippen molar-refractivity contribution in [3.63, 3.8) is 0 Å². The minimum atomic E-state index is -0.801. The Bertz CT molecular complexity index is 1290. The molecule has 0 radical (unpaired) electrons. The summed E-state index contributed by atoms with van der Waals surface area (Å²) in [5.41, 5.74) is 2.30. The van der Waals surface area contributed by atoms with Gasteiger partial charge in [0, 0.05) is 0 Å². The highest BCUT2D eigenvalue weighted by atomic mass is 19.1. The molecular weight excluding hydrogens is 567 g/mol. The quantitative estimate of drug-likeness (QED) is 0.0675. The first-order valence-electron chi connectivity index (χ1n) is 17.0. The first-order valence-corrected chi connectivity index (χ1v) is 17.0. The molecule has 0 aliphatic carbocycles. The summed E-state index contributed by atoms with van der Waals surface area (Å²) in [7, 11) is 0. The Morgan fingerprint density at radius 3 is 1.78 bits per heavy atom. The Morgan fingerprint density at radius 1 is 0.644 bits per heavy atom. The third kappa shape index (κ3) is 13.1. The van der Waals surface area contributed by atoms with Crippen LogP contribution in [0.4, 0.5) is 4.39 Å². The second-order valence-electron chi connectivity index (χ2n) is 11.9. The van der Waals surface area contributed by atoms with Crippen molar-refractivity contribution in [2.75, 3.05) is 6.61 Å². The lowest BCUT2D eigenvalue weighted by Gasteiger charge is -2.13. The Balaban J connectivity index is 1.42. The van der Waals surface area contributed by atoms with E-state index in [9.17, 15) is 14.0 Å². The van der Waals surface area contributed by atoms with Gasteiger partial charge in [0.15, 0.2) is 11.6 Å². The molecule has 1 atom stereocenters. The number of rotatable bonds is 21. The molecule has 3 rings (SSSR count). The van der Waals surface area contributed by atoms with E-state index >= 15 is 0 Å². The van der Waals surface area contributed by atoms with E-state index in [0.29, 0.717) is 5.56 Å².